The van der Waals surface area contributed by atoms with Gasteiger partial charge in [0, 0.05) is 23.9 Å². The van der Waals surface area contributed by atoms with E-state index in [2.05, 4.69) is 10.6 Å². The highest BCUT2D eigenvalue weighted by Crippen LogP contribution is 2.19. The lowest BCUT2D eigenvalue weighted by molar-refractivity contribution is -0.108. The van der Waals surface area contributed by atoms with Gasteiger partial charge >= 0.3 is 0 Å². The maximum absolute atomic E-state index is 11.6. The van der Waals surface area contributed by atoms with Crippen molar-refractivity contribution in [2.24, 2.45) is 0 Å². The SMILES string of the molecule is C/C=C(\NC=O)c1cccc(C(=O)NC)c1C. The van der Waals surface area contributed by atoms with Crippen molar-refractivity contribution >= 4 is 18.0 Å². The molecule has 1 rings (SSSR count). The molecule has 2 amide bonds. The number of benzene rings is 1. The van der Waals surface area contributed by atoms with Crippen LogP contribution in [0.1, 0.15) is 28.4 Å². The van der Waals surface area contributed by atoms with E-state index in [0.717, 1.165) is 11.1 Å². The first-order valence-electron chi connectivity index (χ1n) is 5.34. The summed E-state index contributed by atoms with van der Waals surface area (Å²) in [6.45, 7) is 3.69. The van der Waals surface area contributed by atoms with Gasteiger partial charge in [0.1, 0.15) is 0 Å². The first-order valence-corrected chi connectivity index (χ1v) is 5.34. The lowest BCUT2D eigenvalue weighted by atomic mass is 9.99. The Balaban J connectivity index is 3.27. The minimum Gasteiger partial charge on any atom is -0.355 e. The van der Waals surface area contributed by atoms with Gasteiger partial charge in [-0.05, 0) is 25.5 Å². The maximum Gasteiger partial charge on any atom is 0.251 e. The molecule has 4 heteroatoms. The molecular weight excluding hydrogens is 216 g/mol. The van der Waals surface area contributed by atoms with E-state index in [0.29, 0.717) is 17.7 Å². The normalized spacial score (nSPS) is 10.9. The molecule has 2 N–H and O–H groups in total. The van der Waals surface area contributed by atoms with Crippen molar-refractivity contribution in [1.82, 2.24) is 10.6 Å². The van der Waals surface area contributed by atoms with Gasteiger partial charge in [0.05, 0.1) is 0 Å². The van der Waals surface area contributed by atoms with E-state index in [9.17, 15) is 9.59 Å². The number of hydrogen-bond acceptors (Lipinski definition) is 2. The molecule has 0 aliphatic rings. The molecule has 0 atom stereocenters. The van der Waals surface area contributed by atoms with Gasteiger partial charge in [-0.15, -0.1) is 0 Å². The number of nitrogens with one attached hydrogen (secondary N) is 2. The number of rotatable bonds is 4. The van der Waals surface area contributed by atoms with Crippen LogP contribution in [-0.2, 0) is 4.79 Å². The Bertz CT molecular complexity index is 464. The Kier molecular flexibility index (Phi) is 4.46. The van der Waals surface area contributed by atoms with Crippen LogP contribution in [0.15, 0.2) is 24.3 Å². The number of carbonyl (C=O) groups excluding carboxylic acids is 2. The van der Waals surface area contributed by atoms with E-state index in [1.807, 2.05) is 19.9 Å². The molecule has 0 saturated carbocycles. The molecular formula is C13H16N2O2. The van der Waals surface area contributed by atoms with Gasteiger partial charge in [-0.25, -0.2) is 0 Å². The molecule has 0 aliphatic heterocycles. The highest BCUT2D eigenvalue weighted by molar-refractivity contribution is 5.96. The highest BCUT2D eigenvalue weighted by Gasteiger charge is 2.11. The van der Waals surface area contributed by atoms with Crippen molar-refractivity contribution in [2.45, 2.75) is 13.8 Å². The molecule has 1 aromatic carbocycles. The van der Waals surface area contributed by atoms with Gasteiger partial charge < -0.3 is 10.6 Å². The summed E-state index contributed by atoms with van der Waals surface area (Å²) in [6, 6.07) is 5.42. The lowest BCUT2D eigenvalue weighted by Crippen LogP contribution is -2.20. The van der Waals surface area contributed by atoms with Crippen LogP contribution in [0, 0.1) is 6.92 Å². The van der Waals surface area contributed by atoms with Gasteiger partial charge in [-0.2, -0.15) is 0 Å². The minimum absolute atomic E-state index is 0.133. The van der Waals surface area contributed by atoms with Crippen LogP contribution in [0.25, 0.3) is 5.70 Å². The van der Waals surface area contributed by atoms with E-state index in [1.165, 1.54) is 0 Å². The van der Waals surface area contributed by atoms with Crippen LogP contribution >= 0.6 is 0 Å². The quantitative estimate of drug-likeness (QED) is 0.772. The fraction of sp³-hybridized carbons (Fsp3) is 0.231. The Morgan fingerprint density at radius 3 is 2.47 bits per heavy atom. The third kappa shape index (κ3) is 2.72. The number of allylic oxidation sites excluding steroid dienone is 1. The zero-order valence-electron chi connectivity index (χ0n) is 10.2. The Morgan fingerprint density at radius 2 is 1.94 bits per heavy atom. The third-order valence-electron chi connectivity index (χ3n) is 2.60. The van der Waals surface area contributed by atoms with Crippen molar-refractivity contribution in [3.05, 3.63) is 41.0 Å². The van der Waals surface area contributed by atoms with Gasteiger partial charge in [-0.3, -0.25) is 9.59 Å². The summed E-state index contributed by atoms with van der Waals surface area (Å²) in [4.78, 5) is 22.1. The van der Waals surface area contributed by atoms with Gasteiger partial charge in [-0.1, -0.05) is 18.2 Å². The summed E-state index contributed by atoms with van der Waals surface area (Å²) >= 11 is 0. The molecule has 0 saturated heterocycles. The zero-order chi connectivity index (χ0) is 12.8. The molecule has 90 valence electrons. The fourth-order valence-corrected chi connectivity index (χ4v) is 1.69. The van der Waals surface area contributed by atoms with Crippen LogP contribution in [-0.4, -0.2) is 19.4 Å². The van der Waals surface area contributed by atoms with Crippen LogP contribution in [0.2, 0.25) is 0 Å². The number of hydrogen-bond donors (Lipinski definition) is 2. The van der Waals surface area contributed by atoms with E-state index in [4.69, 9.17) is 0 Å². The molecule has 1 aromatic rings. The summed E-state index contributed by atoms with van der Waals surface area (Å²) < 4.78 is 0. The van der Waals surface area contributed by atoms with Gasteiger partial charge in [0.2, 0.25) is 6.41 Å². The summed E-state index contributed by atoms with van der Waals surface area (Å²) in [5.74, 6) is -0.133. The average molecular weight is 232 g/mol. The van der Waals surface area contributed by atoms with Crippen molar-refractivity contribution in [3.63, 3.8) is 0 Å². The molecule has 4 nitrogen and oxygen atoms in total. The first-order chi connectivity index (χ1) is 8.15. The van der Waals surface area contributed by atoms with Gasteiger partial charge in [0.15, 0.2) is 0 Å². The fourth-order valence-electron chi connectivity index (χ4n) is 1.69. The minimum atomic E-state index is -0.133. The summed E-state index contributed by atoms with van der Waals surface area (Å²) in [5.41, 5.74) is 3.00. The van der Waals surface area contributed by atoms with E-state index >= 15 is 0 Å². The first kappa shape index (κ1) is 13.0. The molecule has 17 heavy (non-hydrogen) atoms. The monoisotopic (exact) mass is 232 g/mol. The van der Waals surface area contributed by atoms with Crippen molar-refractivity contribution in [2.75, 3.05) is 7.05 Å². The van der Waals surface area contributed by atoms with Crippen LogP contribution in [0.5, 0.6) is 0 Å². The topological polar surface area (TPSA) is 58.2 Å². The van der Waals surface area contributed by atoms with Crippen LogP contribution < -0.4 is 10.6 Å². The molecule has 0 spiro atoms. The second kappa shape index (κ2) is 5.84. The predicted octanol–water partition coefficient (Wildman–Crippen LogP) is 1.46. The molecule has 0 radical (unpaired) electrons. The van der Waals surface area contributed by atoms with Crippen LogP contribution in [0.4, 0.5) is 0 Å². The molecule has 0 unspecified atom stereocenters. The summed E-state index contributed by atoms with van der Waals surface area (Å²) in [6.07, 6.45) is 2.42. The molecule has 0 aliphatic carbocycles. The Morgan fingerprint density at radius 1 is 1.29 bits per heavy atom. The maximum atomic E-state index is 11.6. The zero-order valence-corrected chi connectivity index (χ0v) is 10.2. The van der Waals surface area contributed by atoms with E-state index in [-0.39, 0.29) is 5.91 Å². The van der Waals surface area contributed by atoms with Crippen molar-refractivity contribution in [3.8, 4) is 0 Å². The van der Waals surface area contributed by atoms with E-state index in [1.54, 1.807) is 25.3 Å². The second-order valence-corrected chi connectivity index (χ2v) is 3.52. The molecule has 0 bridgehead atoms. The Hall–Kier alpha value is -2.10. The van der Waals surface area contributed by atoms with Crippen molar-refractivity contribution < 1.29 is 9.59 Å². The second-order valence-electron chi connectivity index (χ2n) is 3.52. The average Bonchev–Trinajstić information content (AvgIpc) is 2.36. The molecule has 0 heterocycles. The van der Waals surface area contributed by atoms with Crippen LogP contribution in [0.3, 0.4) is 0 Å². The number of amides is 2. The standard InChI is InChI=1S/C13H16N2O2/c1-4-12(15-8-16)10-6-5-7-11(9(10)2)13(17)14-3/h4-8H,1-3H3,(H,14,17)(H,15,16)/b12-4-. The van der Waals surface area contributed by atoms with E-state index < -0.39 is 0 Å². The third-order valence-corrected chi connectivity index (χ3v) is 2.60. The molecule has 0 fully saturated rings. The molecule has 0 aromatic heterocycles. The highest BCUT2D eigenvalue weighted by atomic mass is 16.1. The summed E-state index contributed by atoms with van der Waals surface area (Å²) in [7, 11) is 1.59. The summed E-state index contributed by atoms with van der Waals surface area (Å²) in [5, 5.41) is 5.21. The lowest BCUT2D eigenvalue weighted by Gasteiger charge is -2.12. The van der Waals surface area contributed by atoms with Crippen molar-refractivity contribution in [1.29, 1.82) is 0 Å². The van der Waals surface area contributed by atoms with Gasteiger partial charge in [0.25, 0.3) is 5.91 Å². The smallest absolute Gasteiger partial charge is 0.251 e. The Labute approximate surface area is 101 Å². The largest absolute Gasteiger partial charge is 0.355 e. The number of carbonyl (C=O) groups is 2. The predicted molar refractivity (Wildman–Crippen MR) is 67.4 cm³/mol.